The number of nitrogens with one attached hydrogen (secondary N) is 1. The Morgan fingerprint density at radius 2 is 2.06 bits per heavy atom. The normalized spacial score (nSPS) is 11.1. The van der Waals surface area contributed by atoms with Crippen molar-refractivity contribution in [1.82, 2.24) is 15.2 Å². The van der Waals surface area contributed by atoms with Crippen LogP contribution in [0.1, 0.15) is 37.6 Å². The lowest BCUT2D eigenvalue weighted by Gasteiger charge is -2.16. The van der Waals surface area contributed by atoms with Crippen molar-refractivity contribution in [2.75, 3.05) is 26.7 Å². The van der Waals surface area contributed by atoms with E-state index in [-0.39, 0.29) is 0 Å². The monoisotopic (exact) mass is 249 g/mol. The molecule has 0 aliphatic rings. The minimum atomic E-state index is 0.948. The van der Waals surface area contributed by atoms with Gasteiger partial charge in [-0.1, -0.05) is 13.0 Å². The maximum Gasteiger partial charge on any atom is 0.0547 e. The average molecular weight is 249 g/mol. The predicted octanol–water partition coefficient (Wildman–Crippen LogP) is 2.60. The summed E-state index contributed by atoms with van der Waals surface area (Å²) < 4.78 is 0. The van der Waals surface area contributed by atoms with Gasteiger partial charge in [-0.15, -0.1) is 0 Å². The SMILES string of the molecule is CCCNCCCCN(C)Cc1cccc(C)n1. The smallest absolute Gasteiger partial charge is 0.0547 e. The molecule has 0 aliphatic heterocycles. The molecule has 0 saturated heterocycles. The van der Waals surface area contributed by atoms with Crippen molar-refractivity contribution in [2.45, 2.75) is 39.7 Å². The highest BCUT2D eigenvalue weighted by Crippen LogP contribution is 2.02. The van der Waals surface area contributed by atoms with Crippen LogP contribution in [0.2, 0.25) is 0 Å². The van der Waals surface area contributed by atoms with E-state index < -0.39 is 0 Å². The van der Waals surface area contributed by atoms with Crippen LogP contribution in [0, 0.1) is 6.92 Å². The number of hydrogen-bond acceptors (Lipinski definition) is 3. The van der Waals surface area contributed by atoms with Gasteiger partial charge >= 0.3 is 0 Å². The Kier molecular flexibility index (Phi) is 7.62. The van der Waals surface area contributed by atoms with Gasteiger partial charge < -0.3 is 10.2 Å². The summed E-state index contributed by atoms with van der Waals surface area (Å²) in [6.45, 7) is 8.62. The molecule has 0 unspecified atom stereocenters. The number of nitrogens with zero attached hydrogens (tertiary/aromatic N) is 2. The van der Waals surface area contributed by atoms with Gasteiger partial charge in [-0.05, 0) is 65.0 Å². The van der Waals surface area contributed by atoms with Crippen molar-refractivity contribution >= 4 is 0 Å². The summed E-state index contributed by atoms with van der Waals surface area (Å²) >= 11 is 0. The summed E-state index contributed by atoms with van der Waals surface area (Å²) in [5.41, 5.74) is 2.27. The lowest BCUT2D eigenvalue weighted by Crippen LogP contribution is -2.22. The fourth-order valence-corrected chi connectivity index (χ4v) is 1.98. The first-order chi connectivity index (χ1) is 8.72. The zero-order chi connectivity index (χ0) is 13.2. The van der Waals surface area contributed by atoms with E-state index >= 15 is 0 Å². The van der Waals surface area contributed by atoms with Crippen molar-refractivity contribution in [3.05, 3.63) is 29.6 Å². The summed E-state index contributed by atoms with van der Waals surface area (Å²) in [5, 5.41) is 3.44. The number of pyridine rings is 1. The largest absolute Gasteiger partial charge is 0.317 e. The van der Waals surface area contributed by atoms with E-state index in [9.17, 15) is 0 Å². The van der Waals surface area contributed by atoms with E-state index in [1.54, 1.807) is 0 Å². The molecule has 1 heterocycles. The Hall–Kier alpha value is -0.930. The Morgan fingerprint density at radius 1 is 1.22 bits per heavy atom. The van der Waals surface area contributed by atoms with E-state index in [2.05, 4.69) is 41.3 Å². The van der Waals surface area contributed by atoms with Gasteiger partial charge in [0.15, 0.2) is 0 Å². The molecule has 3 heteroatoms. The highest BCUT2D eigenvalue weighted by atomic mass is 15.1. The third-order valence-electron chi connectivity index (χ3n) is 2.95. The third kappa shape index (κ3) is 6.72. The third-order valence-corrected chi connectivity index (χ3v) is 2.95. The Bertz CT molecular complexity index is 325. The van der Waals surface area contributed by atoms with E-state index in [1.165, 1.54) is 25.0 Å². The molecule has 0 atom stereocenters. The number of unbranched alkanes of at least 4 members (excludes halogenated alkanes) is 1. The van der Waals surface area contributed by atoms with Crippen LogP contribution in [0.4, 0.5) is 0 Å². The van der Waals surface area contributed by atoms with Gasteiger partial charge in [0.05, 0.1) is 5.69 Å². The summed E-state index contributed by atoms with van der Waals surface area (Å²) in [6, 6.07) is 6.23. The van der Waals surface area contributed by atoms with Gasteiger partial charge in [-0.2, -0.15) is 0 Å². The molecule has 1 rings (SSSR count). The number of aryl methyl sites for hydroxylation is 1. The Morgan fingerprint density at radius 3 is 2.78 bits per heavy atom. The first kappa shape index (κ1) is 15.1. The molecule has 0 fully saturated rings. The molecule has 0 aromatic carbocycles. The molecule has 0 amide bonds. The lowest BCUT2D eigenvalue weighted by atomic mass is 10.2. The molecular weight excluding hydrogens is 222 g/mol. The molecule has 0 aliphatic carbocycles. The van der Waals surface area contributed by atoms with Gasteiger partial charge in [0.25, 0.3) is 0 Å². The van der Waals surface area contributed by atoms with Crippen molar-refractivity contribution in [3.63, 3.8) is 0 Å². The van der Waals surface area contributed by atoms with Crippen molar-refractivity contribution < 1.29 is 0 Å². The molecule has 0 bridgehead atoms. The second-order valence-corrected chi connectivity index (χ2v) is 4.97. The molecule has 1 N–H and O–H groups in total. The maximum absolute atomic E-state index is 4.53. The van der Waals surface area contributed by atoms with Gasteiger partial charge in [-0.25, -0.2) is 0 Å². The van der Waals surface area contributed by atoms with Crippen LogP contribution in [0.3, 0.4) is 0 Å². The van der Waals surface area contributed by atoms with Crippen LogP contribution < -0.4 is 5.32 Å². The van der Waals surface area contributed by atoms with Crippen LogP contribution in [0.5, 0.6) is 0 Å². The maximum atomic E-state index is 4.53. The molecular formula is C15H27N3. The van der Waals surface area contributed by atoms with Crippen LogP contribution in [0.25, 0.3) is 0 Å². The van der Waals surface area contributed by atoms with Crippen LogP contribution in [-0.2, 0) is 6.54 Å². The number of hydrogen-bond donors (Lipinski definition) is 1. The first-order valence-corrected chi connectivity index (χ1v) is 7.04. The van der Waals surface area contributed by atoms with Crippen LogP contribution in [-0.4, -0.2) is 36.6 Å². The van der Waals surface area contributed by atoms with Gasteiger partial charge in [0.2, 0.25) is 0 Å². The van der Waals surface area contributed by atoms with Crippen molar-refractivity contribution in [3.8, 4) is 0 Å². The summed E-state index contributed by atoms with van der Waals surface area (Å²) in [7, 11) is 2.17. The minimum absolute atomic E-state index is 0.948. The quantitative estimate of drug-likeness (QED) is 0.682. The molecule has 3 nitrogen and oxygen atoms in total. The Balaban J connectivity index is 2.12. The zero-order valence-electron chi connectivity index (χ0n) is 12.1. The molecule has 1 aromatic heterocycles. The fraction of sp³-hybridized carbons (Fsp3) is 0.667. The van der Waals surface area contributed by atoms with Gasteiger partial charge in [-0.3, -0.25) is 4.98 Å². The summed E-state index contributed by atoms with van der Waals surface area (Å²) in [4.78, 5) is 6.88. The highest BCUT2D eigenvalue weighted by molar-refractivity contribution is 5.09. The zero-order valence-corrected chi connectivity index (χ0v) is 12.1. The molecule has 102 valence electrons. The predicted molar refractivity (Wildman–Crippen MR) is 77.7 cm³/mol. The molecule has 18 heavy (non-hydrogen) atoms. The highest BCUT2D eigenvalue weighted by Gasteiger charge is 2.01. The standard InChI is InChI=1S/C15H27N3/c1-4-10-16-11-5-6-12-18(3)13-15-9-7-8-14(2)17-15/h7-9,16H,4-6,10-13H2,1-3H3. The molecule has 0 saturated carbocycles. The summed E-state index contributed by atoms with van der Waals surface area (Å²) in [5.74, 6) is 0. The van der Waals surface area contributed by atoms with Crippen LogP contribution in [0.15, 0.2) is 18.2 Å². The van der Waals surface area contributed by atoms with Gasteiger partial charge in [0.1, 0.15) is 0 Å². The summed E-state index contributed by atoms with van der Waals surface area (Å²) in [6.07, 6.45) is 3.73. The average Bonchev–Trinajstić information content (AvgIpc) is 2.33. The lowest BCUT2D eigenvalue weighted by molar-refractivity contribution is 0.314. The minimum Gasteiger partial charge on any atom is -0.317 e. The van der Waals surface area contributed by atoms with Crippen molar-refractivity contribution in [2.24, 2.45) is 0 Å². The second-order valence-electron chi connectivity index (χ2n) is 4.97. The van der Waals surface area contributed by atoms with Gasteiger partial charge in [0, 0.05) is 12.2 Å². The first-order valence-electron chi connectivity index (χ1n) is 7.04. The molecule has 0 spiro atoms. The van der Waals surface area contributed by atoms with E-state index in [4.69, 9.17) is 0 Å². The number of rotatable bonds is 9. The van der Waals surface area contributed by atoms with Crippen molar-refractivity contribution in [1.29, 1.82) is 0 Å². The molecule has 1 aromatic rings. The van der Waals surface area contributed by atoms with E-state index in [0.29, 0.717) is 0 Å². The van der Waals surface area contributed by atoms with E-state index in [0.717, 1.165) is 31.9 Å². The Labute approximate surface area is 112 Å². The van der Waals surface area contributed by atoms with Crippen LogP contribution >= 0.6 is 0 Å². The second kappa shape index (κ2) is 9.06. The topological polar surface area (TPSA) is 28.2 Å². The van der Waals surface area contributed by atoms with E-state index in [1.807, 2.05) is 13.0 Å². The number of aromatic nitrogens is 1. The fourth-order valence-electron chi connectivity index (χ4n) is 1.98. The molecule has 0 radical (unpaired) electrons.